The summed E-state index contributed by atoms with van der Waals surface area (Å²) in [5.74, 6) is -4.44. The number of aliphatic hydroxyl groups is 1. The molecule has 1 saturated heterocycles. The molecule has 0 bridgehead atoms. The van der Waals surface area contributed by atoms with Gasteiger partial charge in [-0.25, -0.2) is 14.4 Å². The lowest BCUT2D eigenvalue weighted by Gasteiger charge is -2.23. The zero-order valence-electron chi connectivity index (χ0n) is 16.1. The van der Waals surface area contributed by atoms with Crippen LogP contribution in [0.3, 0.4) is 0 Å². The summed E-state index contributed by atoms with van der Waals surface area (Å²) in [5.41, 5.74) is -1.88. The van der Waals surface area contributed by atoms with Crippen LogP contribution in [0.25, 0.3) is 6.08 Å². The number of rotatable bonds is 6. The van der Waals surface area contributed by atoms with Crippen molar-refractivity contribution in [1.29, 1.82) is 0 Å². The van der Waals surface area contributed by atoms with Gasteiger partial charge in [-0.1, -0.05) is 12.1 Å². The summed E-state index contributed by atoms with van der Waals surface area (Å²) in [7, 11) is 1.36. The summed E-state index contributed by atoms with van der Waals surface area (Å²) in [6.45, 7) is 0. The number of hydrogen-bond donors (Lipinski definition) is 4. The van der Waals surface area contributed by atoms with Crippen LogP contribution in [0.2, 0.25) is 0 Å². The average molecular weight is 430 g/mol. The predicted molar refractivity (Wildman–Crippen MR) is 103 cm³/mol. The highest BCUT2D eigenvalue weighted by molar-refractivity contribution is 6.04. The molecule has 1 aliphatic heterocycles. The maximum absolute atomic E-state index is 12.2. The molecule has 1 heterocycles. The molecule has 0 unspecified atom stereocenters. The van der Waals surface area contributed by atoms with Crippen molar-refractivity contribution in [3.8, 4) is 23.0 Å². The van der Waals surface area contributed by atoms with Gasteiger partial charge in [0.15, 0.2) is 23.0 Å². The molecule has 0 spiro atoms. The summed E-state index contributed by atoms with van der Waals surface area (Å²) < 4.78 is 14.4. The van der Waals surface area contributed by atoms with E-state index < -0.39 is 47.5 Å². The maximum atomic E-state index is 12.2. The molecule has 2 aromatic rings. The van der Waals surface area contributed by atoms with E-state index in [2.05, 4.69) is 4.74 Å². The van der Waals surface area contributed by atoms with Crippen molar-refractivity contribution in [2.45, 2.75) is 18.1 Å². The van der Waals surface area contributed by atoms with Gasteiger partial charge >= 0.3 is 17.9 Å². The van der Waals surface area contributed by atoms with E-state index in [0.29, 0.717) is 5.56 Å². The monoisotopic (exact) mass is 430 g/mol. The molecule has 10 nitrogen and oxygen atoms in total. The van der Waals surface area contributed by atoms with Crippen molar-refractivity contribution in [3.05, 3.63) is 53.6 Å². The van der Waals surface area contributed by atoms with Crippen molar-refractivity contribution in [2.75, 3.05) is 7.11 Å². The fourth-order valence-electron chi connectivity index (χ4n) is 2.95. The van der Waals surface area contributed by atoms with E-state index in [0.717, 1.165) is 18.2 Å². The topological polar surface area (TPSA) is 160 Å². The van der Waals surface area contributed by atoms with E-state index in [4.69, 9.17) is 9.47 Å². The summed E-state index contributed by atoms with van der Waals surface area (Å²) in [5, 5.41) is 39.3. The van der Waals surface area contributed by atoms with Crippen molar-refractivity contribution in [2.24, 2.45) is 0 Å². The van der Waals surface area contributed by atoms with Gasteiger partial charge in [-0.2, -0.15) is 0 Å². The van der Waals surface area contributed by atoms with Crippen LogP contribution < -0.4 is 4.74 Å². The van der Waals surface area contributed by atoms with E-state index in [9.17, 15) is 34.8 Å². The smallest absolute Gasteiger partial charge is 0.358 e. The van der Waals surface area contributed by atoms with Crippen molar-refractivity contribution in [1.82, 2.24) is 0 Å². The lowest BCUT2D eigenvalue weighted by Crippen LogP contribution is -2.49. The van der Waals surface area contributed by atoms with Crippen LogP contribution >= 0.6 is 0 Å². The molecule has 0 saturated carbocycles. The third kappa shape index (κ3) is 4.43. The summed E-state index contributed by atoms with van der Waals surface area (Å²) >= 11 is 0. The highest BCUT2D eigenvalue weighted by atomic mass is 16.7. The summed E-state index contributed by atoms with van der Waals surface area (Å²) in [6, 6.07) is 7.80. The van der Waals surface area contributed by atoms with E-state index in [1.54, 1.807) is 0 Å². The van der Waals surface area contributed by atoms with Crippen LogP contribution in [0.4, 0.5) is 0 Å². The maximum Gasteiger partial charge on any atom is 0.358 e. The first-order valence-corrected chi connectivity index (χ1v) is 8.89. The van der Waals surface area contributed by atoms with Gasteiger partial charge in [0.05, 0.1) is 7.11 Å². The Morgan fingerprint density at radius 2 is 1.81 bits per heavy atom. The normalized spacial score (nSPS) is 20.6. The molecule has 162 valence electrons. The number of ether oxygens (including phenoxy) is 3. The van der Waals surface area contributed by atoms with E-state index in [1.165, 1.54) is 37.5 Å². The van der Waals surface area contributed by atoms with E-state index >= 15 is 0 Å². The molecule has 0 aromatic heterocycles. The number of phenols is 3. The minimum absolute atomic E-state index is 0.0974. The molecule has 2 aromatic carbocycles. The zero-order chi connectivity index (χ0) is 22.8. The van der Waals surface area contributed by atoms with Crippen LogP contribution in [0.15, 0.2) is 42.5 Å². The van der Waals surface area contributed by atoms with Gasteiger partial charge in [0.25, 0.3) is 0 Å². The number of phenolic OH excluding ortho intramolecular Hbond substituents is 3. The third-order valence-electron chi connectivity index (χ3n) is 4.56. The first-order chi connectivity index (χ1) is 14.6. The number of methoxy groups -OCH3 is 1. The molecular weight excluding hydrogens is 412 g/mol. The number of aromatic hydroxyl groups is 3. The number of cyclic esters (lactones) is 2. The number of carbonyl (C=O) groups excluding carboxylic acids is 3. The standard InChI is InChI=1S/C21H18O10/c1-29-16-9-11(2-6-14(16)23)4-7-17(25)30-18-19(26)31-20(27)21(18,28)10-12-3-5-13(22)15(24)8-12/h2-9,18,22-24,28H,10H2,1H3/b7-4+/t18-,21-/m1/s1. The van der Waals surface area contributed by atoms with Crippen LogP contribution in [0, 0.1) is 0 Å². The fourth-order valence-corrected chi connectivity index (χ4v) is 2.95. The molecule has 0 aliphatic carbocycles. The molecule has 2 atom stereocenters. The molecule has 1 fully saturated rings. The van der Waals surface area contributed by atoms with Gasteiger partial charge in [0.2, 0.25) is 11.7 Å². The largest absolute Gasteiger partial charge is 0.504 e. The molecular formula is C21H18O10. The summed E-state index contributed by atoms with van der Waals surface area (Å²) in [6.07, 6.45) is -0.206. The van der Waals surface area contributed by atoms with Crippen LogP contribution in [-0.4, -0.2) is 57.1 Å². The Kier molecular flexibility index (Phi) is 5.84. The second-order valence-electron chi connectivity index (χ2n) is 6.71. The number of esters is 3. The van der Waals surface area contributed by atoms with Gasteiger partial charge in [-0.3, -0.25) is 0 Å². The molecule has 0 amide bonds. The highest BCUT2D eigenvalue weighted by Crippen LogP contribution is 2.32. The van der Waals surface area contributed by atoms with Crippen LogP contribution in [0.5, 0.6) is 23.0 Å². The molecule has 10 heteroatoms. The molecule has 0 radical (unpaired) electrons. The van der Waals surface area contributed by atoms with Gasteiger partial charge in [0.1, 0.15) is 0 Å². The Bertz CT molecular complexity index is 1070. The Morgan fingerprint density at radius 3 is 2.48 bits per heavy atom. The van der Waals surface area contributed by atoms with Crippen molar-refractivity contribution >= 4 is 24.0 Å². The van der Waals surface area contributed by atoms with Gasteiger partial charge in [-0.05, 0) is 41.5 Å². The Balaban J connectivity index is 1.77. The fraction of sp³-hybridized carbons (Fsp3) is 0.190. The first-order valence-electron chi connectivity index (χ1n) is 8.89. The Labute approximate surface area is 175 Å². The predicted octanol–water partition coefficient (Wildman–Crippen LogP) is 0.794. The minimum Gasteiger partial charge on any atom is -0.504 e. The van der Waals surface area contributed by atoms with Crippen molar-refractivity contribution < 1.29 is 49.0 Å². The van der Waals surface area contributed by atoms with Crippen LogP contribution in [-0.2, 0) is 30.3 Å². The van der Waals surface area contributed by atoms with Gasteiger partial charge in [-0.15, -0.1) is 0 Å². The summed E-state index contributed by atoms with van der Waals surface area (Å²) in [4.78, 5) is 36.3. The number of hydrogen-bond acceptors (Lipinski definition) is 10. The SMILES string of the molecule is COc1cc(/C=C/C(=O)O[C@@H]2C(=O)OC(=O)[C@@]2(O)Cc2ccc(O)c(O)c2)ccc1O. The highest BCUT2D eigenvalue weighted by Gasteiger charge is 2.59. The average Bonchev–Trinajstić information content (AvgIpc) is 2.93. The van der Waals surface area contributed by atoms with E-state index in [1.807, 2.05) is 0 Å². The number of carbonyl (C=O) groups is 3. The first kappa shape index (κ1) is 21.7. The zero-order valence-corrected chi connectivity index (χ0v) is 16.1. The third-order valence-corrected chi connectivity index (χ3v) is 4.56. The van der Waals surface area contributed by atoms with Gasteiger partial charge < -0.3 is 34.6 Å². The van der Waals surface area contributed by atoms with Gasteiger partial charge in [0, 0.05) is 12.5 Å². The Morgan fingerprint density at radius 1 is 1.10 bits per heavy atom. The molecule has 4 N–H and O–H groups in total. The second-order valence-corrected chi connectivity index (χ2v) is 6.71. The molecule has 1 aliphatic rings. The molecule has 31 heavy (non-hydrogen) atoms. The quantitative estimate of drug-likeness (QED) is 0.223. The second kappa shape index (κ2) is 8.36. The lowest BCUT2D eigenvalue weighted by molar-refractivity contribution is -0.164. The number of benzene rings is 2. The van der Waals surface area contributed by atoms with Crippen LogP contribution in [0.1, 0.15) is 11.1 Å². The minimum atomic E-state index is -2.52. The van der Waals surface area contributed by atoms with E-state index in [-0.39, 0.29) is 17.1 Å². The lowest BCUT2D eigenvalue weighted by atomic mass is 9.90. The molecule has 3 rings (SSSR count). The Hall–Kier alpha value is -4.05. The van der Waals surface area contributed by atoms with Crippen molar-refractivity contribution in [3.63, 3.8) is 0 Å².